The molecule has 0 saturated carbocycles. The molecule has 2 saturated heterocycles. The van der Waals surface area contributed by atoms with Gasteiger partial charge in [0.05, 0.1) is 31.0 Å². The number of unbranched alkanes of at least 4 members (excludes halogenated alkanes) is 3. The highest BCUT2D eigenvalue weighted by atomic mass is 16.6. The number of hydrogen-bond acceptors (Lipinski definition) is 8. The molecule has 9 nitrogen and oxygen atoms in total. The summed E-state index contributed by atoms with van der Waals surface area (Å²) in [5.41, 5.74) is 1.62. The normalized spacial score (nSPS) is 22.6. The highest BCUT2D eigenvalue weighted by molar-refractivity contribution is 5.62. The van der Waals surface area contributed by atoms with Crippen molar-refractivity contribution < 1.29 is 19.9 Å². The van der Waals surface area contributed by atoms with Gasteiger partial charge in [-0.15, -0.1) is 0 Å². The Bertz CT molecular complexity index is 698. The van der Waals surface area contributed by atoms with Gasteiger partial charge in [0.25, 0.3) is 5.69 Å². The Balaban J connectivity index is 1.35. The van der Waals surface area contributed by atoms with Gasteiger partial charge >= 0.3 is 0 Å². The number of nitrogens with zero attached hydrogens (tertiary/aromatic N) is 3. The number of likely N-dealkylation sites (tertiary alicyclic amines) is 1. The number of nitrogens with one attached hydrogen (secondary N) is 1. The van der Waals surface area contributed by atoms with Crippen molar-refractivity contribution in [2.24, 2.45) is 0 Å². The minimum atomic E-state index is -0.320. The van der Waals surface area contributed by atoms with Gasteiger partial charge in [0, 0.05) is 38.3 Å². The second-order valence-corrected chi connectivity index (χ2v) is 8.59. The van der Waals surface area contributed by atoms with Crippen LogP contribution in [0.1, 0.15) is 44.1 Å². The predicted octanol–water partition coefficient (Wildman–Crippen LogP) is 2.17. The van der Waals surface area contributed by atoms with Crippen molar-refractivity contribution in [1.29, 1.82) is 0 Å². The minimum absolute atomic E-state index is 0.0759. The van der Waals surface area contributed by atoms with E-state index in [9.17, 15) is 20.3 Å². The van der Waals surface area contributed by atoms with E-state index in [1.165, 1.54) is 0 Å². The summed E-state index contributed by atoms with van der Waals surface area (Å²) in [7, 11) is 0. The fourth-order valence-electron chi connectivity index (χ4n) is 4.39. The fraction of sp³-hybridized carbons (Fsp3) is 0.727. The van der Waals surface area contributed by atoms with Crippen molar-refractivity contribution in [2.45, 2.75) is 57.2 Å². The van der Waals surface area contributed by atoms with Gasteiger partial charge in [-0.1, -0.05) is 18.9 Å². The van der Waals surface area contributed by atoms with E-state index in [1.54, 1.807) is 6.07 Å². The first-order valence-electron chi connectivity index (χ1n) is 11.4. The molecule has 2 unspecified atom stereocenters. The smallest absolute Gasteiger partial charge is 0.292 e. The van der Waals surface area contributed by atoms with Crippen LogP contribution >= 0.6 is 0 Å². The molecule has 2 aliphatic heterocycles. The maximum absolute atomic E-state index is 11.5. The summed E-state index contributed by atoms with van der Waals surface area (Å²) in [5.74, 6) is 0. The molecule has 0 spiro atoms. The minimum Gasteiger partial charge on any atom is -0.395 e. The molecule has 1 aromatic rings. The third kappa shape index (κ3) is 7.40. The number of anilines is 1. The van der Waals surface area contributed by atoms with E-state index in [-0.39, 0.29) is 29.4 Å². The van der Waals surface area contributed by atoms with Crippen LogP contribution in [0.2, 0.25) is 0 Å². The number of hydrogen-bond donors (Lipinski definition) is 3. The van der Waals surface area contributed by atoms with Gasteiger partial charge < -0.3 is 20.3 Å². The first-order chi connectivity index (χ1) is 15.1. The summed E-state index contributed by atoms with van der Waals surface area (Å²) < 4.78 is 5.33. The van der Waals surface area contributed by atoms with Crippen LogP contribution in [0.4, 0.5) is 11.4 Å². The van der Waals surface area contributed by atoms with Gasteiger partial charge in [-0.2, -0.15) is 0 Å². The lowest BCUT2D eigenvalue weighted by atomic mass is 9.99. The van der Waals surface area contributed by atoms with Crippen LogP contribution < -0.4 is 5.32 Å². The Labute approximate surface area is 184 Å². The monoisotopic (exact) mass is 436 g/mol. The molecular weight excluding hydrogens is 400 g/mol. The Morgan fingerprint density at radius 2 is 2.06 bits per heavy atom. The van der Waals surface area contributed by atoms with Crippen molar-refractivity contribution in [3.05, 3.63) is 33.9 Å². The molecule has 2 fully saturated rings. The summed E-state index contributed by atoms with van der Waals surface area (Å²) >= 11 is 0. The van der Waals surface area contributed by atoms with Crippen LogP contribution in [-0.4, -0.2) is 83.2 Å². The largest absolute Gasteiger partial charge is 0.395 e. The molecule has 0 aromatic heterocycles. The quantitative estimate of drug-likeness (QED) is 0.260. The number of nitro groups is 1. The molecule has 0 bridgehead atoms. The molecule has 9 heteroatoms. The Morgan fingerprint density at radius 1 is 1.23 bits per heavy atom. The molecular formula is C22H36N4O5. The second-order valence-electron chi connectivity index (χ2n) is 8.59. The molecule has 2 atom stereocenters. The van der Waals surface area contributed by atoms with Crippen molar-refractivity contribution >= 4 is 11.4 Å². The third-order valence-electron chi connectivity index (χ3n) is 6.20. The summed E-state index contributed by atoms with van der Waals surface area (Å²) in [6, 6.07) is 5.49. The molecule has 174 valence electrons. The standard InChI is InChI=1S/C22H36N4O5/c27-16-19-14-20(28)7-10-25(19)9-4-2-1-3-8-23-21-6-5-18(13-22(21)26(29)30)15-24-11-12-31-17-24/h5-6,13,19-20,23,27-28H,1-4,7-12,14-17H2. The number of piperidine rings is 1. The van der Waals surface area contributed by atoms with Crippen LogP contribution in [0.3, 0.4) is 0 Å². The van der Waals surface area contributed by atoms with Gasteiger partial charge in [0.2, 0.25) is 0 Å². The van der Waals surface area contributed by atoms with E-state index >= 15 is 0 Å². The molecule has 3 rings (SSSR count). The maximum Gasteiger partial charge on any atom is 0.292 e. The molecule has 31 heavy (non-hydrogen) atoms. The lowest BCUT2D eigenvalue weighted by molar-refractivity contribution is -0.384. The number of aliphatic hydroxyl groups is 2. The molecule has 2 aliphatic rings. The van der Waals surface area contributed by atoms with Gasteiger partial charge in [0.15, 0.2) is 0 Å². The van der Waals surface area contributed by atoms with Crippen molar-refractivity contribution in [2.75, 3.05) is 51.4 Å². The highest BCUT2D eigenvalue weighted by Crippen LogP contribution is 2.26. The Hall–Kier alpha value is -1.78. The van der Waals surface area contributed by atoms with Crippen LogP contribution in [0, 0.1) is 10.1 Å². The lowest BCUT2D eigenvalue weighted by Gasteiger charge is -2.36. The van der Waals surface area contributed by atoms with Crippen LogP contribution in [0.15, 0.2) is 18.2 Å². The molecule has 3 N–H and O–H groups in total. The summed E-state index contributed by atoms with van der Waals surface area (Å²) in [6.07, 6.45) is 5.29. The van der Waals surface area contributed by atoms with Gasteiger partial charge in [-0.25, -0.2) is 0 Å². The SMILES string of the molecule is O=[N+]([O-])c1cc(CN2CCOC2)ccc1NCCCCCCN1CCC(O)CC1CO. The van der Waals surface area contributed by atoms with E-state index < -0.39 is 0 Å². The zero-order chi connectivity index (χ0) is 22.1. The topological polar surface area (TPSA) is 111 Å². The summed E-state index contributed by atoms with van der Waals surface area (Å²) in [6.45, 7) is 5.40. The number of ether oxygens (including phenoxy) is 1. The highest BCUT2D eigenvalue weighted by Gasteiger charge is 2.26. The molecule has 0 amide bonds. The van der Waals surface area contributed by atoms with Crippen LogP contribution in [-0.2, 0) is 11.3 Å². The summed E-state index contributed by atoms with van der Waals surface area (Å²) in [5, 5.41) is 33.9. The fourth-order valence-corrected chi connectivity index (χ4v) is 4.39. The van der Waals surface area contributed by atoms with Crippen LogP contribution in [0.25, 0.3) is 0 Å². The zero-order valence-electron chi connectivity index (χ0n) is 18.2. The molecule has 1 aromatic carbocycles. The Morgan fingerprint density at radius 3 is 2.81 bits per heavy atom. The van der Waals surface area contributed by atoms with Gasteiger partial charge in [0.1, 0.15) is 5.69 Å². The van der Waals surface area contributed by atoms with Crippen molar-refractivity contribution in [3.63, 3.8) is 0 Å². The summed E-state index contributed by atoms with van der Waals surface area (Å²) in [4.78, 5) is 15.6. The van der Waals surface area contributed by atoms with E-state index in [0.717, 1.165) is 57.3 Å². The number of aliphatic hydroxyl groups excluding tert-OH is 2. The van der Waals surface area contributed by atoms with E-state index in [1.807, 2.05) is 12.1 Å². The average Bonchev–Trinajstić information content (AvgIpc) is 3.27. The van der Waals surface area contributed by atoms with Crippen LogP contribution in [0.5, 0.6) is 0 Å². The average molecular weight is 437 g/mol. The Kier molecular flexibility index (Phi) is 9.48. The van der Waals surface area contributed by atoms with E-state index in [4.69, 9.17) is 4.74 Å². The molecule has 2 heterocycles. The molecule has 0 radical (unpaired) electrons. The predicted molar refractivity (Wildman–Crippen MR) is 119 cm³/mol. The molecule has 0 aliphatic carbocycles. The first kappa shape index (κ1) is 23.9. The maximum atomic E-state index is 11.5. The van der Waals surface area contributed by atoms with Gasteiger partial charge in [-0.3, -0.25) is 19.9 Å². The van der Waals surface area contributed by atoms with Crippen molar-refractivity contribution in [3.8, 4) is 0 Å². The number of rotatable bonds is 12. The lowest BCUT2D eigenvalue weighted by Crippen LogP contribution is -2.46. The zero-order valence-corrected chi connectivity index (χ0v) is 18.2. The van der Waals surface area contributed by atoms with Crippen molar-refractivity contribution in [1.82, 2.24) is 9.80 Å². The first-order valence-corrected chi connectivity index (χ1v) is 11.4. The second kappa shape index (κ2) is 12.3. The van der Waals surface area contributed by atoms with Gasteiger partial charge in [-0.05, 0) is 43.9 Å². The number of nitro benzene ring substituents is 1. The number of benzene rings is 1. The van der Waals surface area contributed by atoms with E-state index in [0.29, 0.717) is 38.5 Å². The van der Waals surface area contributed by atoms with E-state index in [2.05, 4.69) is 15.1 Å². The third-order valence-corrected chi connectivity index (χ3v) is 6.20.